The molecule has 65 heavy (non-hydrogen) atoms. The molecule has 378 valence electrons. The van der Waals surface area contributed by atoms with Gasteiger partial charge in [0.15, 0.2) is 44.0 Å². The van der Waals surface area contributed by atoms with Crippen LogP contribution in [-0.4, -0.2) is 147 Å². The fourth-order valence-corrected chi connectivity index (χ4v) is 13.7. The van der Waals surface area contributed by atoms with E-state index < -0.39 is 49.6 Å². The third-order valence-electron chi connectivity index (χ3n) is 17.1. The number of ether oxygens (including phenoxy) is 14. The third kappa shape index (κ3) is 10.7. The second kappa shape index (κ2) is 22.2. The Morgan fingerprint density at radius 2 is 0.615 bits per heavy atom. The van der Waals surface area contributed by atoms with Crippen LogP contribution < -0.4 is 0 Å². The summed E-state index contributed by atoms with van der Waals surface area (Å²) in [5, 5.41) is 20.8. The fraction of sp³-hybridized carbons (Fsp3) is 1.00. The van der Waals surface area contributed by atoms with E-state index in [2.05, 4.69) is 41.5 Å². The molecule has 0 radical (unpaired) electrons. The van der Waals surface area contributed by atoms with Gasteiger partial charge in [-0.25, -0.2) is 0 Å². The van der Waals surface area contributed by atoms with Gasteiger partial charge in [-0.3, -0.25) is 4.74 Å². The van der Waals surface area contributed by atoms with Crippen LogP contribution >= 0.6 is 0 Å². The van der Waals surface area contributed by atoms with Gasteiger partial charge in [0.25, 0.3) is 5.97 Å². The first-order chi connectivity index (χ1) is 31.0. The van der Waals surface area contributed by atoms with Crippen molar-refractivity contribution in [2.75, 3.05) is 49.8 Å². The lowest BCUT2D eigenvalue weighted by Crippen LogP contribution is -2.60. The van der Waals surface area contributed by atoms with Gasteiger partial charge in [0, 0.05) is 91.2 Å². The zero-order valence-electron chi connectivity index (χ0n) is 41.8. The van der Waals surface area contributed by atoms with Gasteiger partial charge in [-0.15, -0.1) is 0 Å². The van der Waals surface area contributed by atoms with Gasteiger partial charge in [-0.05, 0) is 86.9 Å². The lowest BCUT2D eigenvalue weighted by molar-refractivity contribution is -0.441. The molecule has 7 aliphatic rings. The zero-order valence-corrected chi connectivity index (χ0v) is 41.8. The van der Waals surface area contributed by atoms with Crippen LogP contribution in [0.1, 0.15) is 99.8 Å². The minimum absolute atomic E-state index is 0.00329. The molecule has 7 heterocycles. The van der Waals surface area contributed by atoms with Crippen LogP contribution in [0.4, 0.5) is 0 Å². The van der Waals surface area contributed by atoms with E-state index in [9.17, 15) is 10.2 Å². The fourth-order valence-electron chi connectivity index (χ4n) is 13.7. The van der Waals surface area contributed by atoms with Crippen LogP contribution in [0, 0.1) is 76.9 Å². The van der Waals surface area contributed by atoms with Crippen LogP contribution in [0.25, 0.3) is 0 Å². The van der Waals surface area contributed by atoms with Crippen molar-refractivity contribution in [1.29, 1.82) is 0 Å². The molecule has 16 heteroatoms. The van der Waals surface area contributed by atoms with E-state index in [0.717, 1.165) is 44.9 Å². The van der Waals surface area contributed by atoms with Gasteiger partial charge in [0.05, 0.1) is 36.6 Å². The van der Waals surface area contributed by atoms with Gasteiger partial charge in [0.2, 0.25) is 0 Å². The van der Waals surface area contributed by atoms with Gasteiger partial charge in [-0.2, -0.15) is 0 Å². The highest BCUT2D eigenvalue weighted by atomic mass is 16.8. The predicted octanol–water partition coefficient (Wildman–Crippen LogP) is 6.13. The Balaban J connectivity index is 0.985. The van der Waals surface area contributed by atoms with Crippen molar-refractivity contribution in [2.45, 2.75) is 186 Å². The van der Waals surface area contributed by atoms with Crippen LogP contribution in [0.2, 0.25) is 0 Å². The molecule has 2 N–H and O–H groups in total. The second-order valence-electron chi connectivity index (χ2n) is 21.4. The predicted molar refractivity (Wildman–Crippen MR) is 235 cm³/mol. The molecule has 0 bridgehead atoms. The largest absolute Gasteiger partial charge is 0.356 e. The van der Waals surface area contributed by atoms with Crippen molar-refractivity contribution in [3.63, 3.8) is 0 Å². The Morgan fingerprint density at radius 1 is 0.338 bits per heavy atom. The quantitative estimate of drug-likeness (QED) is 0.202. The van der Waals surface area contributed by atoms with E-state index in [1.165, 1.54) is 7.11 Å². The van der Waals surface area contributed by atoms with Crippen LogP contribution in [0.3, 0.4) is 0 Å². The molecule has 16 nitrogen and oxygen atoms in total. The molecule has 0 spiro atoms. The van der Waals surface area contributed by atoms with Crippen LogP contribution in [-0.2, 0) is 66.3 Å². The first kappa shape index (κ1) is 52.2. The van der Waals surface area contributed by atoms with Gasteiger partial charge < -0.3 is 71.8 Å². The van der Waals surface area contributed by atoms with E-state index in [-0.39, 0.29) is 108 Å². The topological polar surface area (TPSA) is 170 Å². The number of hydrogen-bond acceptors (Lipinski definition) is 16. The molecule has 12 unspecified atom stereocenters. The highest BCUT2D eigenvalue weighted by molar-refractivity contribution is 4.99. The summed E-state index contributed by atoms with van der Waals surface area (Å²) in [5.74, 6) is -1.83. The summed E-state index contributed by atoms with van der Waals surface area (Å²) in [7, 11) is 11.8. The molecule has 0 saturated carbocycles. The standard InChI is InChI=1S/C49H86O16/c1-23-15-16-36(52-8)59-37(23)30-17-24(2)38(60-43(30)53-9)31-18-25(3)39(61-44(31)54-10)32-19-26(4)40(62-45(32)55-11)33-20-27(5)41(63-46(33)56-12)34-21-28(6)42(64-47(34)57-13)35-22-29(7)49(50,51)65-48(35)58-14/h23-48,50-51H,15-22H2,1-14H3/t23-,24-,25-,26-,27-,28-,29-,30?,31?,32?,33?,34?,35?,36-,37?,38?,39?,40?,41?,42?,43-,44-,45-,46-,47-,48-/m0/s1. The Labute approximate surface area is 388 Å². The smallest absolute Gasteiger partial charge is 0.282 e. The number of aliphatic hydroxyl groups is 2. The van der Waals surface area contributed by atoms with E-state index in [1.54, 1.807) is 49.6 Å². The van der Waals surface area contributed by atoms with Crippen LogP contribution in [0.15, 0.2) is 0 Å². The summed E-state index contributed by atoms with van der Waals surface area (Å²) in [6.07, 6.45) is 2.26. The van der Waals surface area contributed by atoms with Crippen molar-refractivity contribution < 1.29 is 76.5 Å². The molecule has 0 aliphatic carbocycles. The SMILES string of the molecule is CO[C@@H]1CC[C@H](C)C(C2C[C@H](C)C(C3C[C@H](C)C(C4C[C@H](C)C(C5C[C@H](C)C(C6C[C@H](C)C(C7C[C@H](C)C(O)(O)O[C@@H]7OC)O[C@@H]6OC)O[C@@H]5OC)O[C@@H]4OC)O[C@@H]3OC)O[C@@H]2OC)O1. The molecule has 26 atom stereocenters. The minimum atomic E-state index is -2.26. The molecule has 7 saturated heterocycles. The molecule has 7 aliphatic heterocycles. The molecular formula is C49H86O16. The third-order valence-corrected chi connectivity index (χ3v) is 17.1. The molecule has 0 aromatic rings. The van der Waals surface area contributed by atoms with Crippen molar-refractivity contribution in [1.82, 2.24) is 0 Å². The normalized spacial score (nSPS) is 52.2. The van der Waals surface area contributed by atoms with Crippen molar-refractivity contribution in [3.05, 3.63) is 0 Å². The average Bonchev–Trinajstić information content (AvgIpc) is 3.29. The molecule has 7 rings (SSSR count). The van der Waals surface area contributed by atoms with E-state index in [1.807, 2.05) is 0 Å². The number of methoxy groups -OCH3 is 7. The van der Waals surface area contributed by atoms with E-state index in [4.69, 9.17) is 66.3 Å². The molecule has 0 aromatic carbocycles. The zero-order chi connectivity index (χ0) is 47.1. The summed E-state index contributed by atoms with van der Waals surface area (Å²) >= 11 is 0. The summed E-state index contributed by atoms with van der Waals surface area (Å²) in [4.78, 5) is 0. The van der Waals surface area contributed by atoms with Crippen molar-refractivity contribution in [3.8, 4) is 0 Å². The first-order valence-electron chi connectivity index (χ1n) is 24.8. The van der Waals surface area contributed by atoms with E-state index in [0.29, 0.717) is 12.3 Å². The number of hydrogen-bond donors (Lipinski definition) is 2. The van der Waals surface area contributed by atoms with Gasteiger partial charge in [-0.1, -0.05) is 48.5 Å². The van der Waals surface area contributed by atoms with Crippen molar-refractivity contribution in [2.24, 2.45) is 76.9 Å². The maximum absolute atomic E-state index is 10.4. The maximum Gasteiger partial charge on any atom is 0.282 e. The number of rotatable bonds is 13. The summed E-state index contributed by atoms with van der Waals surface area (Å²) in [6.45, 7) is 15.2. The van der Waals surface area contributed by atoms with Crippen molar-refractivity contribution >= 4 is 0 Å². The minimum Gasteiger partial charge on any atom is -0.356 e. The van der Waals surface area contributed by atoms with Crippen LogP contribution in [0.5, 0.6) is 0 Å². The van der Waals surface area contributed by atoms with E-state index >= 15 is 0 Å². The van der Waals surface area contributed by atoms with Gasteiger partial charge in [0.1, 0.15) is 0 Å². The Morgan fingerprint density at radius 3 is 0.892 bits per heavy atom. The first-order valence-corrected chi connectivity index (χ1v) is 24.8. The Kier molecular flexibility index (Phi) is 17.8. The van der Waals surface area contributed by atoms with Gasteiger partial charge >= 0.3 is 0 Å². The maximum atomic E-state index is 10.4. The molecule has 7 fully saturated rings. The molecular weight excluding hydrogens is 845 g/mol. The molecule has 0 amide bonds. The summed E-state index contributed by atoms with van der Waals surface area (Å²) < 4.78 is 88.6. The Bertz CT molecular complexity index is 1470. The average molecular weight is 931 g/mol. The highest BCUT2D eigenvalue weighted by Crippen LogP contribution is 2.51. The second-order valence-corrected chi connectivity index (χ2v) is 21.4. The lowest BCUT2D eigenvalue weighted by Gasteiger charge is -2.54. The highest BCUT2D eigenvalue weighted by Gasteiger charge is 2.57. The monoisotopic (exact) mass is 931 g/mol. The summed E-state index contributed by atoms with van der Waals surface area (Å²) in [6, 6.07) is 0. The summed E-state index contributed by atoms with van der Waals surface area (Å²) in [5.41, 5.74) is 0. The Hall–Kier alpha value is -0.640. The molecule has 0 aromatic heterocycles. The lowest BCUT2D eigenvalue weighted by atomic mass is 9.70.